The van der Waals surface area contributed by atoms with Crippen LogP contribution in [0.25, 0.3) is 0 Å². The number of hydrogen-bond acceptors (Lipinski definition) is 6. The smallest absolute Gasteiger partial charge is 0.388 e. The van der Waals surface area contributed by atoms with E-state index >= 15 is 0 Å². The Kier molecular flexibility index (Phi) is 3.30. The molecule has 0 spiro atoms. The second kappa shape index (κ2) is 3.84. The van der Waals surface area contributed by atoms with Crippen LogP contribution in [-0.2, 0) is 13.8 Å². The molecule has 84 valence electrons. The highest BCUT2D eigenvalue weighted by Crippen LogP contribution is 2.38. The fourth-order valence-corrected chi connectivity index (χ4v) is 1.36. The predicted molar refractivity (Wildman–Crippen MR) is 40.9 cm³/mol. The van der Waals surface area contributed by atoms with Crippen LogP contribution >= 0.6 is 7.82 Å². The van der Waals surface area contributed by atoms with Gasteiger partial charge in [-0.3, -0.25) is 4.52 Å². The zero-order chi connectivity index (χ0) is 11.0. The van der Waals surface area contributed by atoms with Gasteiger partial charge in [-0.25, -0.2) is 4.57 Å². The number of phosphoric acid groups is 1. The maximum atomic E-state index is 10.3. The molecule has 5 N–H and O–H groups in total. The van der Waals surface area contributed by atoms with E-state index in [1.54, 1.807) is 0 Å². The number of hydrogen-bond donors (Lipinski definition) is 5. The van der Waals surface area contributed by atoms with Gasteiger partial charge in [-0.05, 0) is 0 Å². The molecule has 1 aliphatic rings. The molecule has 0 amide bonds. The molecule has 9 heteroatoms. The molecule has 0 radical (unpaired) electrons. The zero-order valence-corrected chi connectivity index (χ0v) is 7.87. The Morgan fingerprint density at radius 2 is 2.07 bits per heavy atom. The molecular formula is C5H11O8P. The molecule has 1 saturated heterocycles. The molecule has 8 nitrogen and oxygen atoms in total. The van der Waals surface area contributed by atoms with Crippen LogP contribution in [0.5, 0.6) is 0 Å². The maximum Gasteiger partial charge on any atom is 0.469 e. The van der Waals surface area contributed by atoms with Gasteiger partial charge in [0.25, 0.3) is 0 Å². The number of rotatable bonds is 3. The lowest BCUT2D eigenvalue weighted by molar-refractivity contribution is -0.231. The molecule has 1 heterocycles. The van der Waals surface area contributed by atoms with Crippen LogP contribution in [0.4, 0.5) is 0 Å². The third-order valence-electron chi connectivity index (χ3n) is 1.77. The van der Waals surface area contributed by atoms with E-state index in [0.717, 1.165) is 0 Å². The van der Waals surface area contributed by atoms with Gasteiger partial charge >= 0.3 is 7.82 Å². The van der Waals surface area contributed by atoms with Crippen LogP contribution in [-0.4, -0.2) is 56.3 Å². The summed E-state index contributed by atoms with van der Waals surface area (Å²) in [5.74, 6) is -2.28. The van der Waals surface area contributed by atoms with Gasteiger partial charge in [0.2, 0.25) is 5.79 Å². The van der Waals surface area contributed by atoms with E-state index in [0.29, 0.717) is 0 Å². The summed E-state index contributed by atoms with van der Waals surface area (Å²) in [6, 6.07) is 0. The third-order valence-corrected chi connectivity index (χ3v) is 2.24. The van der Waals surface area contributed by atoms with Crippen molar-refractivity contribution in [1.29, 1.82) is 0 Å². The number of ether oxygens (including phenoxy) is 1. The molecule has 14 heavy (non-hydrogen) atoms. The van der Waals surface area contributed by atoms with Crippen LogP contribution in [0.3, 0.4) is 0 Å². The standard InChI is InChI=1S/C5H11O8P/c6-3-1-12-5(8,4(3)7)2-13-14(9,10)11/h3-4,6-8H,1-2H2,(H2,9,10,11)/t3?,4-,5?/m1/s1. The van der Waals surface area contributed by atoms with E-state index in [1.165, 1.54) is 0 Å². The Morgan fingerprint density at radius 1 is 1.50 bits per heavy atom. The summed E-state index contributed by atoms with van der Waals surface area (Å²) in [5, 5.41) is 27.5. The van der Waals surface area contributed by atoms with Gasteiger partial charge in [-0.1, -0.05) is 0 Å². The van der Waals surface area contributed by atoms with Crippen molar-refractivity contribution in [3.8, 4) is 0 Å². The summed E-state index contributed by atoms with van der Waals surface area (Å²) in [4.78, 5) is 16.6. The third kappa shape index (κ3) is 2.72. The van der Waals surface area contributed by atoms with E-state index in [9.17, 15) is 9.67 Å². The molecule has 0 saturated carbocycles. The SMILES string of the molecule is O=P(O)(O)OCC1(O)OCC(O)[C@H]1O. The summed E-state index contributed by atoms with van der Waals surface area (Å²) in [7, 11) is -4.74. The topological polar surface area (TPSA) is 137 Å². The average Bonchev–Trinajstić information content (AvgIpc) is 2.30. The van der Waals surface area contributed by atoms with Gasteiger partial charge in [0, 0.05) is 0 Å². The molecular weight excluding hydrogens is 219 g/mol. The molecule has 3 atom stereocenters. The molecule has 0 aliphatic carbocycles. The lowest BCUT2D eigenvalue weighted by atomic mass is 10.1. The lowest BCUT2D eigenvalue weighted by Crippen LogP contribution is -2.46. The van der Waals surface area contributed by atoms with Crippen LogP contribution < -0.4 is 0 Å². The molecule has 2 unspecified atom stereocenters. The Hall–Kier alpha value is -0.0500. The zero-order valence-electron chi connectivity index (χ0n) is 6.98. The van der Waals surface area contributed by atoms with Crippen LogP contribution in [0.2, 0.25) is 0 Å². The molecule has 0 aromatic carbocycles. The fraction of sp³-hybridized carbons (Fsp3) is 1.00. The number of aliphatic hydroxyl groups is 3. The average molecular weight is 230 g/mol. The van der Waals surface area contributed by atoms with Gasteiger partial charge < -0.3 is 29.8 Å². The van der Waals surface area contributed by atoms with E-state index in [2.05, 4.69) is 9.26 Å². The van der Waals surface area contributed by atoms with E-state index < -0.39 is 32.4 Å². The normalized spacial score (nSPS) is 38.9. The largest absolute Gasteiger partial charge is 0.469 e. The van der Waals surface area contributed by atoms with Gasteiger partial charge in [-0.15, -0.1) is 0 Å². The molecule has 0 aromatic rings. The molecule has 1 rings (SSSR count). The molecule has 1 fully saturated rings. The Morgan fingerprint density at radius 3 is 2.43 bits per heavy atom. The van der Waals surface area contributed by atoms with Crippen molar-refractivity contribution in [3.05, 3.63) is 0 Å². The first-order chi connectivity index (χ1) is 6.25. The van der Waals surface area contributed by atoms with Crippen molar-refractivity contribution >= 4 is 7.82 Å². The van der Waals surface area contributed by atoms with Crippen molar-refractivity contribution in [2.75, 3.05) is 13.2 Å². The van der Waals surface area contributed by atoms with Crippen molar-refractivity contribution in [1.82, 2.24) is 0 Å². The minimum absolute atomic E-state index is 0.331. The molecule has 0 aromatic heterocycles. The van der Waals surface area contributed by atoms with Crippen molar-refractivity contribution in [2.45, 2.75) is 18.0 Å². The summed E-state index contributed by atoms with van der Waals surface area (Å²) < 4.78 is 18.8. The highest BCUT2D eigenvalue weighted by molar-refractivity contribution is 7.46. The van der Waals surface area contributed by atoms with Crippen LogP contribution in [0, 0.1) is 0 Å². The van der Waals surface area contributed by atoms with E-state index in [4.69, 9.17) is 20.0 Å². The summed E-state index contributed by atoms with van der Waals surface area (Å²) in [5.41, 5.74) is 0. The van der Waals surface area contributed by atoms with Gasteiger partial charge in [0.1, 0.15) is 18.8 Å². The Bertz CT molecular complexity index is 250. The minimum Gasteiger partial charge on any atom is -0.388 e. The summed E-state index contributed by atoms with van der Waals surface area (Å²) in [6.45, 7) is -1.25. The molecule has 0 bridgehead atoms. The summed E-state index contributed by atoms with van der Waals surface area (Å²) in [6.07, 6.45) is -2.96. The van der Waals surface area contributed by atoms with E-state index in [1.807, 2.05) is 0 Å². The van der Waals surface area contributed by atoms with Crippen molar-refractivity contribution < 1.29 is 38.9 Å². The quantitative estimate of drug-likeness (QED) is 0.336. The van der Waals surface area contributed by atoms with E-state index in [-0.39, 0.29) is 6.61 Å². The monoisotopic (exact) mass is 230 g/mol. The molecule has 1 aliphatic heterocycles. The first kappa shape index (κ1) is 12.0. The first-order valence-corrected chi connectivity index (χ1v) is 5.20. The van der Waals surface area contributed by atoms with Crippen molar-refractivity contribution in [2.24, 2.45) is 0 Å². The second-order valence-corrected chi connectivity index (χ2v) is 4.17. The maximum absolute atomic E-state index is 10.3. The second-order valence-electron chi connectivity index (χ2n) is 2.93. The Balaban J connectivity index is 2.55. The van der Waals surface area contributed by atoms with Gasteiger partial charge in [0.05, 0.1) is 6.61 Å². The fourth-order valence-electron chi connectivity index (χ4n) is 1.01. The van der Waals surface area contributed by atoms with Crippen LogP contribution in [0.1, 0.15) is 0 Å². The van der Waals surface area contributed by atoms with Crippen LogP contribution in [0.15, 0.2) is 0 Å². The highest BCUT2D eigenvalue weighted by atomic mass is 31.2. The van der Waals surface area contributed by atoms with Gasteiger partial charge in [-0.2, -0.15) is 0 Å². The first-order valence-electron chi connectivity index (χ1n) is 3.67. The minimum atomic E-state index is -4.74. The lowest BCUT2D eigenvalue weighted by Gasteiger charge is -2.25. The number of aliphatic hydroxyl groups excluding tert-OH is 2. The summed E-state index contributed by atoms with van der Waals surface area (Å²) >= 11 is 0. The highest BCUT2D eigenvalue weighted by Gasteiger charge is 2.49. The number of phosphoric ester groups is 1. The van der Waals surface area contributed by atoms with Crippen molar-refractivity contribution in [3.63, 3.8) is 0 Å². The predicted octanol–water partition coefficient (Wildman–Crippen LogP) is -2.46. The Labute approximate surface area is 78.9 Å². The van der Waals surface area contributed by atoms with Gasteiger partial charge in [0.15, 0.2) is 0 Å².